The van der Waals surface area contributed by atoms with Crippen molar-refractivity contribution in [2.75, 3.05) is 12.1 Å². The minimum atomic E-state index is -0.306. The average Bonchev–Trinajstić information content (AvgIpc) is 3.03. The summed E-state index contributed by atoms with van der Waals surface area (Å²) in [5.41, 5.74) is 1.12. The summed E-state index contributed by atoms with van der Waals surface area (Å²) >= 11 is 0. The quantitative estimate of drug-likeness (QED) is 0.876. The van der Waals surface area contributed by atoms with Gasteiger partial charge in [-0.05, 0) is 25.0 Å². The maximum Gasteiger partial charge on any atom is 0.253 e. The van der Waals surface area contributed by atoms with Gasteiger partial charge < -0.3 is 14.8 Å². The second-order valence-electron chi connectivity index (χ2n) is 5.57. The zero-order chi connectivity index (χ0) is 16.9. The first-order valence-corrected chi connectivity index (χ1v) is 7.90. The van der Waals surface area contributed by atoms with E-state index in [1.807, 2.05) is 0 Å². The fourth-order valence-corrected chi connectivity index (χ4v) is 2.41. The number of hydrogen-bond donors (Lipinski definition) is 1. The van der Waals surface area contributed by atoms with Crippen molar-refractivity contribution in [3.8, 4) is 11.5 Å². The predicted octanol–water partition coefficient (Wildman–Crippen LogP) is 1.95. The van der Waals surface area contributed by atoms with Gasteiger partial charge in [0, 0.05) is 23.5 Å². The number of rotatable bonds is 6. The van der Waals surface area contributed by atoms with Crippen LogP contribution in [0.1, 0.15) is 25.5 Å². The normalized spacial score (nSPS) is 12.2. The number of nitrogens with one attached hydrogen (secondary N) is 1. The highest BCUT2D eigenvalue weighted by Crippen LogP contribution is 2.34. The van der Waals surface area contributed by atoms with Gasteiger partial charge in [-0.1, -0.05) is 13.3 Å². The van der Waals surface area contributed by atoms with Crippen LogP contribution in [-0.2, 0) is 17.8 Å². The molecule has 1 aromatic carbocycles. The highest BCUT2D eigenvalue weighted by Gasteiger charge is 2.14. The van der Waals surface area contributed by atoms with Crippen LogP contribution in [0.4, 0.5) is 5.69 Å². The Bertz CT molecular complexity index is 801. The van der Waals surface area contributed by atoms with E-state index < -0.39 is 0 Å². The molecule has 1 aromatic heterocycles. The van der Waals surface area contributed by atoms with Gasteiger partial charge in [-0.3, -0.25) is 14.2 Å². The van der Waals surface area contributed by atoms with Crippen molar-refractivity contribution in [2.24, 2.45) is 0 Å². The van der Waals surface area contributed by atoms with E-state index in [9.17, 15) is 9.59 Å². The van der Waals surface area contributed by atoms with Crippen LogP contribution in [0.2, 0.25) is 0 Å². The molecule has 126 valence electrons. The molecule has 0 bridgehead atoms. The van der Waals surface area contributed by atoms with Gasteiger partial charge in [-0.15, -0.1) is 0 Å². The molecule has 2 heterocycles. The van der Waals surface area contributed by atoms with Crippen LogP contribution < -0.4 is 20.3 Å². The zero-order valence-electron chi connectivity index (χ0n) is 13.4. The molecule has 0 saturated carbocycles. The number of hydrogen-bond acceptors (Lipinski definition) is 5. The smallest absolute Gasteiger partial charge is 0.253 e. The summed E-state index contributed by atoms with van der Waals surface area (Å²) in [4.78, 5) is 28.4. The molecule has 1 amide bonds. The summed E-state index contributed by atoms with van der Waals surface area (Å²) in [5.74, 6) is 0.932. The van der Waals surface area contributed by atoms with E-state index in [0.29, 0.717) is 17.2 Å². The third kappa shape index (κ3) is 3.73. The van der Waals surface area contributed by atoms with Gasteiger partial charge in [0.2, 0.25) is 12.7 Å². The summed E-state index contributed by atoms with van der Waals surface area (Å²) in [6.45, 7) is 2.17. The maximum atomic E-state index is 12.1. The highest BCUT2D eigenvalue weighted by atomic mass is 16.7. The van der Waals surface area contributed by atoms with Gasteiger partial charge in [0.1, 0.15) is 6.54 Å². The molecule has 24 heavy (non-hydrogen) atoms. The van der Waals surface area contributed by atoms with E-state index in [1.54, 1.807) is 18.2 Å². The molecule has 0 fully saturated rings. The minimum Gasteiger partial charge on any atom is -0.454 e. The van der Waals surface area contributed by atoms with E-state index >= 15 is 0 Å². The SMILES string of the molecule is CCCCc1cc(=O)n(CC(=O)Nc2ccc3c(c2)OCO3)cn1. The van der Waals surface area contributed by atoms with Gasteiger partial charge in [0.25, 0.3) is 5.56 Å². The number of benzene rings is 1. The number of amides is 1. The number of carbonyl (C=O) groups is 1. The molecule has 0 aliphatic carbocycles. The fourth-order valence-electron chi connectivity index (χ4n) is 2.41. The lowest BCUT2D eigenvalue weighted by molar-refractivity contribution is -0.116. The van der Waals surface area contributed by atoms with Crippen molar-refractivity contribution in [3.63, 3.8) is 0 Å². The third-order valence-corrected chi connectivity index (χ3v) is 3.69. The van der Waals surface area contributed by atoms with E-state index in [0.717, 1.165) is 25.0 Å². The Kier molecular flexibility index (Phi) is 4.79. The first kappa shape index (κ1) is 16.0. The highest BCUT2D eigenvalue weighted by molar-refractivity contribution is 5.90. The Balaban J connectivity index is 1.63. The lowest BCUT2D eigenvalue weighted by Crippen LogP contribution is -2.27. The summed E-state index contributed by atoms with van der Waals surface area (Å²) in [7, 11) is 0. The first-order chi connectivity index (χ1) is 11.7. The standard InChI is InChI=1S/C17H19N3O4/c1-2-3-4-12-8-17(22)20(10-18-12)9-16(21)19-13-5-6-14-15(7-13)24-11-23-14/h5-8,10H,2-4,9,11H2,1H3,(H,19,21). The van der Waals surface area contributed by atoms with E-state index in [-0.39, 0.29) is 24.8 Å². The third-order valence-electron chi connectivity index (χ3n) is 3.69. The van der Waals surface area contributed by atoms with Crippen LogP contribution in [0, 0.1) is 0 Å². The van der Waals surface area contributed by atoms with E-state index in [2.05, 4.69) is 17.2 Å². The number of fused-ring (bicyclic) bond motifs is 1. The van der Waals surface area contributed by atoms with Crippen LogP contribution in [0.3, 0.4) is 0 Å². The second kappa shape index (κ2) is 7.16. The Morgan fingerprint density at radius 1 is 1.29 bits per heavy atom. The van der Waals surface area contributed by atoms with Crippen molar-refractivity contribution >= 4 is 11.6 Å². The molecule has 0 unspecified atom stereocenters. The van der Waals surface area contributed by atoms with Crippen molar-refractivity contribution in [1.82, 2.24) is 9.55 Å². The lowest BCUT2D eigenvalue weighted by atomic mass is 10.2. The molecule has 0 spiro atoms. The molecule has 1 aliphatic rings. The largest absolute Gasteiger partial charge is 0.454 e. The van der Waals surface area contributed by atoms with Crippen molar-refractivity contribution in [1.29, 1.82) is 0 Å². The molecular formula is C17H19N3O4. The van der Waals surface area contributed by atoms with Gasteiger partial charge in [-0.2, -0.15) is 0 Å². The van der Waals surface area contributed by atoms with Crippen molar-refractivity contribution in [2.45, 2.75) is 32.7 Å². The number of anilines is 1. The van der Waals surface area contributed by atoms with E-state index in [1.165, 1.54) is 17.0 Å². The zero-order valence-corrected chi connectivity index (χ0v) is 13.4. The van der Waals surface area contributed by atoms with Crippen molar-refractivity contribution in [3.05, 3.63) is 46.6 Å². The van der Waals surface area contributed by atoms with Crippen LogP contribution in [-0.4, -0.2) is 22.3 Å². The maximum absolute atomic E-state index is 12.1. The minimum absolute atomic E-state index is 0.0890. The summed E-state index contributed by atoms with van der Waals surface area (Å²) in [6.07, 6.45) is 4.23. The number of unbranched alkanes of at least 4 members (excludes halogenated alkanes) is 1. The number of nitrogens with zero attached hydrogens (tertiary/aromatic N) is 2. The number of ether oxygens (including phenoxy) is 2. The van der Waals surface area contributed by atoms with Gasteiger partial charge in [-0.25, -0.2) is 4.98 Å². The molecule has 7 heteroatoms. The van der Waals surface area contributed by atoms with Gasteiger partial charge in [0.05, 0.1) is 6.33 Å². The number of aryl methyl sites for hydroxylation is 1. The molecule has 0 atom stereocenters. The average molecular weight is 329 g/mol. The van der Waals surface area contributed by atoms with E-state index in [4.69, 9.17) is 9.47 Å². The summed E-state index contributed by atoms with van der Waals surface area (Å²) < 4.78 is 11.8. The van der Waals surface area contributed by atoms with Crippen LogP contribution >= 0.6 is 0 Å². The van der Waals surface area contributed by atoms with Crippen molar-refractivity contribution < 1.29 is 14.3 Å². The molecule has 3 rings (SSSR count). The molecule has 0 saturated heterocycles. The Labute approximate surface area is 139 Å². The molecule has 1 N–H and O–H groups in total. The Morgan fingerprint density at radius 3 is 2.92 bits per heavy atom. The second-order valence-corrected chi connectivity index (χ2v) is 5.57. The first-order valence-electron chi connectivity index (χ1n) is 7.90. The number of carbonyl (C=O) groups excluding carboxylic acids is 1. The Morgan fingerprint density at radius 2 is 2.12 bits per heavy atom. The molecular weight excluding hydrogens is 310 g/mol. The molecule has 0 radical (unpaired) electrons. The fraction of sp³-hybridized carbons (Fsp3) is 0.353. The predicted molar refractivity (Wildman–Crippen MR) is 88.3 cm³/mol. The number of aromatic nitrogens is 2. The lowest BCUT2D eigenvalue weighted by Gasteiger charge is -2.08. The van der Waals surface area contributed by atoms with Gasteiger partial charge >= 0.3 is 0 Å². The molecule has 7 nitrogen and oxygen atoms in total. The van der Waals surface area contributed by atoms with Crippen LogP contribution in [0.25, 0.3) is 0 Å². The topological polar surface area (TPSA) is 82.5 Å². The summed E-state index contributed by atoms with van der Waals surface area (Å²) in [5, 5.41) is 2.73. The Hall–Kier alpha value is -2.83. The van der Waals surface area contributed by atoms with Crippen LogP contribution in [0.5, 0.6) is 11.5 Å². The van der Waals surface area contributed by atoms with Gasteiger partial charge in [0.15, 0.2) is 11.5 Å². The summed E-state index contributed by atoms with van der Waals surface area (Å²) in [6, 6.07) is 6.63. The molecule has 1 aliphatic heterocycles. The van der Waals surface area contributed by atoms with Crippen LogP contribution in [0.15, 0.2) is 35.4 Å². The molecule has 2 aromatic rings. The monoisotopic (exact) mass is 329 g/mol.